The van der Waals surface area contributed by atoms with E-state index in [-0.39, 0.29) is 29.9 Å². The van der Waals surface area contributed by atoms with Crippen LogP contribution < -0.4 is 21.9 Å². The summed E-state index contributed by atoms with van der Waals surface area (Å²) in [6.07, 6.45) is 0. The number of aromatic amines is 1. The highest BCUT2D eigenvalue weighted by atomic mass is 16.2. The van der Waals surface area contributed by atoms with E-state index in [1.54, 1.807) is 13.0 Å². The van der Waals surface area contributed by atoms with Gasteiger partial charge in [0, 0.05) is 30.0 Å². The van der Waals surface area contributed by atoms with Crippen LogP contribution in [0.15, 0.2) is 29.1 Å². The summed E-state index contributed by atoms with van der Waals surface area (Å²) in [6.45, 7) is 5.65. The van der Waals surface area contributed by atoms with Gasteiger partial charge in [-0.25, -0.2) is 4.98 Å². The van der Waals surface area contributed by atoms with Crippen LogP contribution in [-0.4, -0.2) is 34.4 Å². The summed E-state index contributed by atoms with van der Waals surface area (Å²) in [7, 11) is 0. The van der Waals surface area contributed by atoms with Crippen LogP contribution in [0.1, 0.15) is 39.2 Å². The Balaban J connectivity index is 1.93. The topological polar surface area (TPSA) is 130 Å². The fraction of sp³-hybridized carbons (Fsp3) is 0.294. The lowest BCUT2D eigenvalue weighted by Crippen LogP contribution is -2.42. The van der Waals surface area contributed by atoms with Crippen LogP contribution in [-0.2, 0) is 0 Å². The Labute approximate surface area is 144 Å². The Morgan fingerprint density at radius 3 is 2.56 bits per heavy atom. The maximum absolute atomic E-state index is 12.2. The van der Waals surface area contributed by atoms with Crippen molar-refractivity contribution in [3.63, 3.8) is 0 Å². The summed E-state index contributed by atoms with van der Waals surface area (Å²) in [4.78, 5) is 42.2. The summed E-state index contributed by atoms with van der Waals surface area (Å²) >= 11 is 0. The number of aromatic nitrogens is 2. The molecule has 2 heterocycles. The number of H-pyrrole nitrogens is 1. The molecule has 2 aromatic heterocycles. The highest BCUT2D eigenvalue weighted by Gasteiger charge is 2.14. The zero-order valence-electron chi connectivity index (χ0n) is 14.3. The first-order valence-corrected chi connectivity index (χ1v) is 7.79. The smallest absolute Gasteiger partial charge is 0.270 e. The van der Waals surface area contributed by atoms with E-state index in [0.29, 0.717) is 5.69 Å². The SMILES string of the molecule is Cc1cc(C)nc(C(=O)N[C@@H](C)CNC(=O)c2cc(N)cc(=O)[nH]2)c1. The van der Waals surface area contributed by atoms with Crippen LogP contribution >= 0.6 is 0 Å². The van der Waals surface area contributed by atoms with E-state index in [9.17, 15) is 14.4 Å². The molecule has 0 unspecified atom stereocenters. The molecule has 25 heavy (non-hydrogen) atoms. The molecule has 5 N–H and O–H groups in total. The Bertz CT molecular complexity index is 839. The molecular weight excluding hydrogens is 322 g/mol. The highest BCUT2D eigenvalue weighted by Crippen LogP contribution is 2.04. The molecule has 132 valence electrons. The minimum absolute atomic E-state index is 0.0690. The second-order valence-corrected chi connectivity index (χ2v) is 5.95. The lowest BCUT2D eigenvalue weighted by Gasteiger charge is -2.15. The van der Waals surface area contributed by atoms with Crippen LogP contribution in [0.3, 0.4) is 0 Å². The molecule has 0 saturated heterocycles. The van der Waals surface area contributed by atoms with E-state index >= 15 is 0 Å². The predicted molar refractivity (Wildman–Crippen MR) is 94.4 cm³/mol. The third-order valence-electron chi connectivity index (χ3n) is 3.39. The minimum atomic E-state index is -0.477. The van der Waals surface area contributed by atoms with Crippen molar-refractivity contribution in [2.45, 2.75) is 26.8 Å². The van der Waals surface area contributed by atoms with Crippen LogP contribution in [0.4, 0.5) is 5.69 Å². The first kappa shape index (κ1) is 18.2. The molecule has 2 amide bonds. The first-order valence-electron chi connectivity index (χ1n) is 7.79. The van der Waals surface area contributed by atoms with Crippen LogP contribution in [0.2, 0.25) is 0 Å². The molecule has 0 aliphatic rings. The third-order valence-corrected chi connectivity index (χ3v) is 3.39. The van der Waals surface area contributed by atoms with Gasteiger partial charge in [-0.15, -0.1) is 0 Å². The molecule has 2 rings (SSSR count). The number of carbonyl (C=O) groups is 2. The molecule has 0 aromatic carbocycles. The molecule has 0 radical (unpaired) electrons. The van der Waals surface area contributed by atoms with Crippen molar-refractivity contribution in [1.82, 2.24) is 20.6 Å². The molecule has 8 nitrogen and oxygen atoms in total. The van der Waals surface area contributed by atoms with Gasteiger partial charge in [0.05, 0.1) is 0 Å². The average molecular weight is 343 g/mol. The summed E-state index contributed by atoms with van der Waals surface area (Å²) in [6, 6.07) is 5.82. The first-order chi connectivity index (χ1) is 11.7. The van der Waals surface area contributed by atoms with E-state index < -0.39 is 11.5 Å². The number of hydrogen-bond acceptors (Lipinski definition) is 5. The average Bonchev–Trinajstić information content (AvgIpc) is 2.50. The predicted octanol–water partition coefficient (Wildman–Crippen LogP) is 0.517. The number of nitrogen functional groups attached to an aromatic ring is 1. The summed E-state index contributed by atoms with van der Waals surface area (Å²) in [5, 5.41) is 5.40. The monoisotopic (exact) mass is 343 g/mol. The van der Waals surface area contributed by atoms with Gasteiger partial charge in [-0.1, -0.05) is 0 Å². The van der Waals surface area contributed by atoms with Crippen molar-refractivity contribution < 1.29 is 9.59 Å². The van der Waals surface area contributed by atoms with E-state index in [4.69, 9.17) is 5.73 Å². The van der Waals surface area contributed by atoms with Crippen LogP contribution in [0.25, 0.3) is 0 Å². The van der Waals surface area contributed by atoms with E-state index in [0.717, 1.165) is 11.3 Å². The van der Waals surface area contributed by atoms with Gasteiger partial charge in [0.1, 0.15) is 11.4 Å². The number of nitrogens with two attached hydrogens (primary N) is 1. The number of carbonyl (C=O) groups excluding carboxylic acids is 2. The van der Waals surface area contributed by atoms with Gasteiger partial charge in [-0.2, -0.15) is 0 Å². The molecule has 0 spiro atoms. The van der Waals surface area contributed by atoms with Crippen molar-refractivity contribution >= 4 is 17.5 Å². The number of aryl methyl sites for hydroxylation is 2. The van der Waals surface area contributed by atoms with E-state index in [1.165, 1.54) is 12.1 Å². The third kappa shape index (κ3) is 5.17. The standard InChI is InChI=1S/C17H21N5O3/c1-9-4-10(2)20-13(5-9)17(25)21-11(3)8-19-16(24)14-6-12(18)7-15(23)22-14/h4-7,11H,8H2,1-3H3,(H,19,24)(H,21,25)(H3,18,22,23)/t11-/m0/s1. The Morgan fingerprint density at radius 1 is 1.20 bits per heavy atom. The normalized spacial score (nSPS) is 11.6. The zero-order chi connectivity index (χ0) is 18.6. The summed E-state index contributed by atoms with van der Waals surface area (Å²) < 4.78 is 0. The van der Waals surface area contributed by atoms with Crippen molar-refractivity contribution in [1.29, 1.82) is 0 Å². The summed E-state index contributed by atoms with van der Waals surface area (Å²) in [5.41, 5.74) is 7.40. The van der Waals surface area contributed by atoms with Gasteiger partial charge in [0.2, 0.25) is 0 Å². The maximum atomic E-state index is 12.2. The molecule has 2 aromatic rings. The minimum Gasteiger partial charge on any atom is -0.399 e. The van der Waals surface area contributed by atoms with Crippen LogP contribution in [0, 0.1) is 13.8 Å². The number of anilines is 1. The zero-order valence-corrected chi connectivity index (χ0v) is 14.3. The van der Waals surface area contributed by atoms with Gasteiger partial charge < -0.3 is 21.4 Å². The Hall–Kier alpha value is -3.16. The molecule has 8 heteroatoms. The molecule has 0 saturated carbocycles. The second-order valence-electron chi connectivity index (χ2n) is 5.95. The Kier molecular flexibility index (Phi) is 5.53. The number of nitrogens with one attached hydrogen (secondary N) is 3. The second kappa shape index (κ2) is 7.61. The number of amides is 2. The molecule has 1 atom stereocenters. The van der Waals surface area contributed by atoms with Gasteiger partial charge in [-0.05, 0) is 44.5 Å². The number of rotatable bonds is 5. The lowest BCUT2D eigenvalue weighted by atomic mass is 10.2. The molecular formula is C17H21N5O3. The van der Waals surface area contributed by atoms with Crippen LogP contribution in [0.5, 0.6) is 0 Å². The van der Waals surface area contributed by atoms with Crippen molar-refractivity contribution in [2.75, 3.05) is 12.3 Å². The molecule has 0 aliphatic carbocycles. The van der Waals surface area contributed by atoms with Crippen molar-refractivity contribution in [3.8, 4) is 0 Å². The molecule has 0 aliphatic heterocycles. The Morgan fingerprint density at radius 2 is 1.92 bits per heavy atom. The fourth-order valence-corrected chi connectivity index (χ4v) is 2.33. The van der Waals surface area contributed by atoms with E-state index in [1.807, 2.05) is 19.9 Å². The number of hydrogen-bond donors (Lipinski definition) is 4. The molecule has 0 bridgehead atoms. The van der Waals surface area contributed by atoms with Gasteiger partial charge in [0.15, 0.2) is 0 Å². The van der Waals surface area contributed by atoms with Gasteiger partial charge in [0.25, 0.3) is 17.4 Å². The number of nitrogens with zero attached hydrogens (tertiary/aromatic N) is 1. The summed E-state index contributed by atoms with van der Waals surface area (Å²) in [5.74, 6) is -0.791. The fourth-order valence-electron chi connectivity index (χ4n) is 2.33. The maximum Gasteiger partial charge on any atom is 0.270 e. The van der Waals surface area contributed by atoms with Gasteiger partial charge in [-0.3, -0.25) is 14.4 Å². The van der Waals surface area contributed by atoms with Gasteiger partial charge >= 0.3 is 0 Å². The lowest BCUT2D eigenvalue weighted by molar-refractivity contribution is 0.0907. The largest absolute Gasteiger partial charge is 0.399 e. The molecule has 0 fully saturated rings. The van der Waals surface area contributed by atoms with Crippen molar-refractivity contribution in [2.24, 2.45) is 0 Å². The van der Waals surface area contributed by atoms with E-state index in [2.05, 4.69) is 20.6 Å². The quantitative estimate of drug-likeness (QED) is 0.629. The number of pyridine rings is 2. The van der Waals surface area contributed by atoms with Crippen molar-refractivity contribution in [3.05, 3.63) is 57.3 Å². The highest BCUT2D eigenvalue weighted by molar-refractivity contribution is 5.94.